The van der Waals surface area contributed by atoms with Crippen LogP contribution in [0.3, 0.4) is 0 Å². The van der Waals surface area contributed by atoms with Crippen molar-refractivity contribution in [3.8, 4) is 0 Å². The average molecular weight is 481 g/mol. The Morgan fingerprint density at radius 1 is 1.18 bits per heavy atom. The van der Waals surface area contributed by atoms with E-state index in [1.54, 1.807) is 24.4 Å². The summed E-state index contributed by atoms with van der Waals surface area (Å²) in [6.45, 7) is 6.00. The fraction of sp³-hybridized carbons (Fsp3) is 0.333. The topological polar surface area (TPSA) is 42.4 Å². The standard InChI is InChI=1S/C27H26Cl2N2O2/c1-2-17-16-31-13-11-18(17)14-25(31)27(20-10-12-30-24-9-4-3-6-19(20)24)33-26(32)15-21-22(28)7-5-8-23(21)29/h2-10,12,17-18,25,27H,1,11,13-16H2/t17-,18-,25-,27+/m0/s1. The maximum Gasteiger partial charge on any atom is 0.311 e. The van der Waals surface area contributed by atoms with Crippen LogP contribution in [0, 0.1) is 11.8 Å². The fourth-order valence-electron chi connectivity index (χ4n) is 5.44. The Labute approximate surface area is 204 Å². The molecule has 3 aliphatic heterocycles. The molecule has 2 bridgehead atoms. The summed E-state index contributed by atoms with van der Waals surface area (Å²) in [4.78, 5) is 20.2. The molecule has 6 rings (SSSR count). The molecule has 0 N–H and O–H groups in total. The number of ether oxygens (including phenoxy) is 1. The van der Waals surface area contributed by atoms with Crippen LogP contribution < -0.4 is 0 Å². The lowest BCUT2D eigenvalue weighted by Gasteiger charge is -2.51. The molecule has 1 aromatic heterocycles. The molecule has 0 spiro atoms. The number of esters is 1. The summed E-state index contributed by atoms with van der Waals surface area (Å²) < 4.78 is 6.27. The van der Waals surface area contributed by atoms with E-state index >= 15 is 0 Å². The predicted octanol–water partition coefficient (Wildman–Crippen LogP) is 6.27. The van der Waals surface area contributed by atoms with Gasteiger partial charge in [-0.25, -0.2) is 0 Å². The zero-order chi connectivity index (χ0) is 22.9. The molecule has 3 aliphatic rings. The Hall–Kier alpha value is -2.40. The van der Waals surface area contributed by atoms with Crippen molar-refractivity contribution in [2.45, 2.75) is 31.4 Å². The van der Waals surface area contributed by atoms with Crippen LogP contribution >= 0.6 is 23.2 Å². The van der Waals surface area contributed by atoms with Gasteiger partial charge >= 0.3 is 5.97 Å². The number of aromatic nitrogens is 1. The second-order valence-corrected chi connectivity index (χ2v) is 9.77. The molecule has 170 valence electrons. The number of carbonyl (C=O) groups excluding carboxylic acids is 1. The van der Waals surface area contributed by atoms with E-state index in [0.29, 0.717) is 27.4 Å². The van der Waals surface area contributed by atoms with Crippen molar-refractivity contribution in [3.05, 3.63) is 88.6 Å². The largest absolute Gasteiger partial charge is 0.456 e. The minimum atomic E-state index is -0.403. The molecule has 1 unspecified atom stereocenters. The van der Waals surface area contributed by atoms with Gasteiger partial charge in [0.25, 0.3) is 0 Å². The van der Waals surface area contributed by atoms with Gasteiger partial charge < -0.3 is 4.74 Å². The number of pyridine rings is 1. The van der Waals surface area contributed by atoms with Crippen molar-refractivity contribution in [2.75, 3.05) is 13.1 Å². The predicted molar refractivity (Wildman–Crippen MR) is 133 cm³/mol. The molecule has 3 aromatic rings. The van der Waals surface area contributed by atoms with E-state index in [4.69, 9.17) is 27.9 Å². The van der Waals surface area contributed by atoms with Crippen LogP contribution in [0.25, 0.3) is 10.9 Å². The first-order valence-corrected chi connectivity index (χ1v) is 12.1. The van der Waals surface area contributed by atoms with Gasteiger partial charge in [0.15, 0.2) is 0 Å². The molecule has 6 heteroatoms. The molecular formula is C27H26Cl2N2O2. The molecule has 0 radical (unpaired) electrons. The Bertz CT molecular complexity index is 1170. The third-order valence-electron chi connectivity index (χ3n) is 7.13. The van der Waals surface area contributed by atoms with Gasteiger partial charge in [0.1, 0.15) is 6.10 Å². The third kappa shape index (κ3) is 4.40. The average Bonchev–Trinajstić information content (AvgIpc) is 2.85. The second-order valence-electron chi connectivity index (χ2n) is 8.95. The van der Waals surface area contributed by atoms with Crippen molar-refractivity contribution in [1.82, 2.24) is 9.88 Å². The SMILES string of the molecule is C=C[C@H]1CN2CC[C@H]1C[C@H]2[C@H](OC(=O)Cc1c(Cl)cccc1Cl)c1ccnc2ccccc12. The zero-order valence-corrected chi connectivity index (χ0v) is 19.8. The number of piperidine rings is 3. The third-order valence-corrected chi connectivity index (χ3v) is 7.84. The first-order chi connectivity index (χ1) is 16.0. The smallest absolute Gasteiger partial charge is 0.311 e. The first-order valence-electron chi connectivity index (χ1n) is 11.4. The monoisotopic (exact) mass is 480 g/mol. The molecule has 4 nitrogen and oxygen atoms in total. The summed E-state index contributed by atoms with van der Waals surface area (Å²) >= 11 is 12.6. The molecule has 4 heterocycles. The highest BCUT2D eigenvalue weighted by Gasteiger charge is 2.44. The van der Waals surface area contributed by atoms with Crippen LogP contribution in [0.4, 0.5) is 0 Å². The summed E-state index contributed by atoms with van der Waals surface area (Å²) in [5.74, 6) is 0.714. The molecule has 5 atom stereocenters. The molecular weight excluding hydrogens is 455 g/mol. The van der Waals surface area contributed by atoms with Crippen LogP contribution in [0.1, 0.15) is 30.1 Å². The van der Waals surface area contributed by atoms with Crippen LogP contribution in [0.2, 0.25) is 10.0 Å². The highest BCUT2D eigenvalue weighted by Crippen LogP contribution is 2.43. The van der Waals surface area contributed by atoms with Crippen molar-refractivity contribution >= 4 is 40.1 Å². The molecule has 0 aliphatic carbocycles. The molecule has 2 aromatic carbocycles. The van der Waals surface area contributed by atoms with E-state index in [-0.39, 0.29) is 18.4 Å². The summed E-state index contributed by atoms with van der Waals surface area (Å²) in [6.07, 6.45) is 5.63. The van der Waals surface area contributed by atoms with Gasteiger partial charge in [-0.05, 0) is 55.5 Å². The number of hydrogen-bond donors (Lipinski definition) is 0. The fourth-order valence-corrected chi connectivity index (χ4v) is 5.97. The van der Waals surface area contributed by atoms with Gasteiger partial charge in [-0.3, -0.25) is 14.7 Å². The van der Waals surface area contributed by atoms with Crippen LogP contribution in [0.5, 0.6) is 0 Å². The van der Waals surface area contributed by atoms with E-state index in [0.717, 1.165) is 42.4 Å². The molecule has 0 amide bonds. The molecule has 3 fully saturated rings. The number of para-hydroxylation sites is 1. The summed E-state index contributed by atoms with van der Waals surface area (Å²) in [7, 11) is 0. The van der Waals surface area contributed by atoms with Gasteiger partial charge in [0.2, 0.25) is 0 Å². The number of hydrogen-bond acceptors (Lipinski definition) is 4. The van der Waals surface area contributed by atoms with Crippen molar-refractivity contribution in [2.24, 2.45) is 11.8 Å². The van der Waals surface area contributed by atoms with E-state index in [2.05, 4.69) is 22.5 Å². The van der Waals surface area contributed by atoms with E-state index < -0.39 is 6.10 Å². The molecule has 33 heavy (non-hydrogen) atoms. The lowest BCUT2D eigenvalue weighted by Crippen LogP contribution is -2.55. The Kier molecular flexibility index (Phi) is 6.42. The summed E-state index contributed by atoms with van der Waals surface area (Å²) in [5, 5.41) is 1.95. The normalized spacial score (nSPS) is 25.0. The van der Waals surface area contributed by atoms with Crippen LogP contribution in [-0.4, -0.2) is 35.0 Å². The number of benzene rings is 2. The van der Waals surface area contributed by atoms with E-state index in [1.807, 2.05) is 30.3 Å². The van der Waals surface area contributed by atoms with Crippen molar-refractivity contribution < 1.29 is 9.53 Å². The van der Waals surface area contributed by atoms with Gasteiger partial charge in [-0.1, -0.05) is 53.5 Å². The highest BCUT2D eigenvalue weighted by atomic mass is 35.5. The van der Waals surface area contributed by atoms with Gasteiger partial charge in [0, 0.05) is 39.3 Å². The van der Waals surface area contributed by atoms with Gasteiger partial charge in [0.05, 0.1) is 18.0 Å². The first kappa shape index (κ1) is 22.4. The van der Waals surface area contributed by atoms with Crippen molar-refractivity contribution in [1.29, 1.82) is 0 Å². The number of rotatable bonds is 6. The van der Waals surface area contributed by atoms with Crippen molar-refractivity contribution in [3.63, 3.8) is 0 Å². The minimum Gasteiger partial charge on any atom is -0.456 e. The van der Waals surface area contributed by atoms with E-state index in [9.17, 15) is 4.79 Å². The van der Waals surface area contributed by atoms with E-state index in [1.165, 1.54) is 0 Å². The highest BCUT2D eigenvalue weighted by molar-refractivity contribution is 6.36. The van der Waals surface area contributed by atoms with Crippen LogP contribution in [0.15, 0.2) is 67.4 Å². The minimum absolute atomic E-state index is 0.0312. The Morgan fingerprint density at radius 2 is 1.97 bits per heavy atom. The number of halogens is 2. The Morgan fingerprint density at radius 3 is 2.70 bits per heavy atom. The summed E-state index contributed by atoms with van der Waals surface area (Å²) in [5.41, 5.74) is 2.48. The maximum absolute atomic E-state index is 13.2. The molecule has 3 saturated heterocycles. The Balaban J connectivity index is 1.49. The van der Waals surface area contributed by atoms with Gasteiger partial charge in [-0.15, -0.1) is 6.58 Å². The van der Waals surface area contributed by atoms with Gasteiger partial charge in [-0.2, -0.15) is 0 Å². The number of nitrogens with zero attached hydrogens (tertiary/aromatic N) is 2. The maximum atomic E-state index is 13.2. The van der Waals surface area contributed by atoms with Crippen LogP contribution in [-0.2, 0) is 16.0 Å². The zero-order valence-electron chi connectivity index (χ0n) is 18.3. The summed E-state index contributed by atoms with van der Waals surface area (Å²) in [6, 6.07) is 15.4. The lowest BCUT2D eigenvalue weighted by atomic mass is 9.73. The lowest BCUT2D eigenvalue weighted by molar-refractivity contribution is -0.156. The number of carbonyl (C=O) groups is 1. The quantitative estimate of drug-likeness (QED) is 0.308. The number of fused-ring (bicyclic) bond motifs is 4. The molecule has 0 saturated carbocycles. The second kappa shape index (κ2) is 9.46.